The third-order valence-electron chi connectivity index (χ3n) is 4.55. The van der Waals surface area contributed by atoms with Crippen LogP contribution in [0.25, 0.3) is 0 Å². The standard InChI is InChI=1S/C18H30O5/c1-4-6-7-8-13(19)9-10-14-15(20)11-16(21)17(14)23-18(22)12(3)5-2/h14-17,20-21H,3-11H2,1-2H3/t14-,15+,16-,17-/m0/s1. The van der Waals surface area contributed by atoms with Crippen molar-refractivity contribution >= 4 is 11.8 Å². The van der Waals surface area contributed by atoms with Crippen LogP contribution in [0, 0.1) is 5.92 Å². The largest absolute Gasteiger partial charge is 0.456 e. The van der Waals surface area contributed by atoms with E-state index in [2.05, 4.69) is 13.5 Å². The molecule has 0 aromatic heterocycles. The lowest BCUT2D eigenvalue weighted by molar-refractivity contribution is -0.152. The predicted molar refractivity (Wildman–Crippen MR) is 87.8 cm³/mol. The third-order valence-corrected chi connectivity index (χ3v) is 4.55. The Bertz CT molecular complexity index is 418. The molecule has 0 amide bonds. The van der Waals surface area contributed by atoms with Gasteiger partial charge in [0.25, 0.3) is 0 Å². The summed E-state index contributed by atoms with van der Waals surface area (Å²) in [6.07, 6.45) is 2.58. The number of ether oxygens (including phenoxy) is 1. The number of aliphatic hydroxyl groups is 2. The molecule has 0 saturated heterocycles. The smallest absolute Gasteiger partial charge is 0.333 e. The van der Waals surface area contributed by atoms with Crippen LogP contribution in [0.5, 0.6) is 0 Å². The van der Waals surface area contributed by atoms with Gasteiger partial charge in [0.15, 0.2) is 0 Å². The summed E-state index contributed by atoms with van der Waals surface area (Å²) in [6.45, 7) is 7.52. The first-order chi connectivity index (χ1) is 10.9. The summed E-state index contributed by atoms with van der Waals surface area (Å²) in [5.74, 6) is -0.770. The summed E-state index contributed by atoms with van der Waals surface area (Å²) in [6, 6.07) is 0. The van der Waals surface area contributed by atoms with E-state index in [-0.39, 0.29) is 12.2 Å². The Morgan fingerprint density at radius 1 is 1.13 bits per heavy atom. The Morgan fingerprint density at radius 2 is 1.83 bits per heavy atom. The highest BCUT2D eigenvalue weighted by molar-refractivity contribution is 5.87. The fraction of sp³-hybridized carbons (Fsp3) is 0.778. The van der Waals surface area contributed by atoms with Crippen molar-refractivity contribution < 1.29 is 24.5 Å². The molecule has 5 nitrogen and oxygen atoms in total. The first-order valence-electron chi connectivity index (χ1n) is 8.67. The molecule has 1 aliphatic rings. The molecule has 2 N–H and O–H groups in total. The predicted octanol–water partition coefficient (Wildman–Crippen LogP) is 2.54. The van der Waals surface area contributed by atoms with Crippen molar-refractivity contribution in [2.75, 3.05) is 0 Å². The van der Waals surface area contributed by atoms with E-state index in [0.29, 0.717) is 31.3 Å². The lowest BCUT2D eigenvalue weighted by atomic mass is 9.94. The minimum absolute atomic E-state index is 0.162. The molecule has 0 radical (unpaired) electrons. The summed E-state index contributed by atoms with van der Waals surface area (Å²) in [4.78, 5) is 23.7. The van der Waals surface area contributed by atoms with E-state index in [9.17, 15) is 19.8 Å². The normalized spacial score (nSPS) is 27.0. The van der Waals surface area contributed by atoms with Crippen molar-refractivity contribution in [1.82, 2.24) is 0 Å². The van der Waals surface area contributed by atoms with E-state index >= 15 is 0 Å². The summed E-state index contributed by atoms with van der Waals surface area (Å²) in [7, 11) is 0. The van der Waals surface area contributed by atoms with Gasteiger partial charge in [0.05, 0.1) is 12.2 Å². The van der Waals surface area contributed by atoms with Crippen molar-refractivity contribution in [2.45, 2.75) is 83.5 Å². The number of carbonyl (C=O) groups is 2. The Hall–Kier alpha value is -1.20. The second kappa shape index (κ2) is 9.83. The Kier molecular flexibility index (Phi) is 8.48. The van der Waals surface area contributed by atoms with Crippen LogP contribution in [0.4, 0.5) is 0 Å². The van der Waals surface area contributed by atoms with Gasteiger partial charge in [-0.05, 0) is 19.3 Å². The van der Waals surface area contributed by atoms with Crippen LogP contribution in [0.1, 0.15) is 65.2 Å². The average Bonchev–Trinajstić information content (AvgIpc) is 2.78. The van der Waals surface area contributed by atoms with Crippen molar-refractivity contribution in [3.05, 3.63) is 12.2 Å². The molecule has 1 aliphatic carbocycles. The number of carbonyl (C=O) groups excluding carboxylic acids is 2. The van der Waals surface area contributed by atoms with Crippen molar-refractivity contribution in [3.8, 4) is 0 Å². The maximum Gasteiger partial charge on any atom is 0.333 e. The van der Waals surface area contributed by atoms with Crippen molar-refractivity contribution in [2.24, 2.45) is 5.92 Å². The van der Waals surface area contributed by atoms with Gasteiger partial charge in [-0.15, -0.1) is 0 Å². The van der Waals surface area contributed by atoms with E-state index < -0.39 is 30.2 Å². The highest BCUT2D eigenvalue weighted by Crippen LogP contribution is 2.33. The summed E-state index contributed by atoms with van der Waals surface area (Å²) >= 11 is 0. The van der Waals surface area contributed by atoms with Gasteiger partial charge in [0, 0.05) is 30.8 Å². The van der Waals surface area contributed by atoms with E-state index in [4.69, 9.17) is 4.74 Å². The van der Waals surface area contributed by atoms with Gasteiger partial charge in [-0.2, -0.15) is 0 Å². The minimum atomic E-state index is -0.890. The molecule has 4 atom stereocenters. The number of esters is 1. The van der Waals surface area contributed by atoms with Crippen LogP contribution in [0.15, 0.2) is 12.2 Å². The minimum Gasteiger partial charge on any atom is -0.456 e. The molecule has 0 aromatic rings. The zero-order valence-corrected chi connectivity index (χ0v) is 14.3. The zero-order valence-electron chi connectivity index (χ0n) is 14.3. The molecule has 1 saturated carbocycles. The molecule has 0 spiro atoms. The Labute approximate surface area is 138 Å². The highest BCUT2D eigenvalue weighted by Gasteiger charge is 2.44. The van der Waals surface area contributed by atoms with Gasteiger partial charge in [0.1, 0.15) is 11.9 Å². The van der Waals surface area contributed by atoms with Gasteiger partial charge >= 0.3 is 5.97 Å². The quantitative estimate of drug-likeness (QED) is 0.366. The lowest BCUT2D eigenvalue weighted by Crippen LogP contribution is -2.33. The van der Waals surface area contributed by atoms with E-state index in [1.165, 1.54) is 0 Å². The van der Waals surface area contributed by atoms with Crippen LogP contribution in [0.2, 0.25) is 0 Å². The Morgan fingerprint density at radius 3 is 2.43 bits per heavy atom. The molecule has 0 aliphatic heterocycles. The first kappa shape index (κ1) is 19.8. The van der Waals surface area contributed by atoms with Crippen LogP contribution in [-0.4, -0.2) is 40.3 Å². The maximum atomic E-state index is 11.9. The summed E-state index contributed by atoms with van der Waals surface area (Å²) in [5, 5.41) is 20.1. The fourth-order valence-corrected chi connectivity index (χ4v) is 2.96. The molecular weight excluding hydrogens is 296 g/mol. The summed E-state index contributed by atoms with van der Waals surface area (Å²) in [5.41, 5.74) is 0.341. The van der Waals surface area contributed by atoms with Gasteiger partial charge < -0.3 is 14.9 Å². The number of rotatable bonds is 10. The topological polar surface area (TPSA) is 83.8 Å². The lowest BCUT2D eigenvalue weighted by Gasteiger charge is -2.23. The van der Waals surface area contributed by atoms with Crippen LogP contribution < -0.4 is 0 Å². The molecule has 1 fully saturated rings. The average molecular weight is 326 g/mol. The van der Waals surface area contributed by atoms with E-state index in [0.717, 1.165) is 19.3 Å². The van der Waals surface area contributed by atoms with Crippen molar-refractivity contribution in [3.63, 3.8) is 0 Å². The molecule has 0 unspecified atom stereocenters. The second-order valence-corrected chi connectivity index (χ2v) is 6.40. The van der Waals surface area contributed by atoms with Gasteiger partial charge in [-0.25, -0.2) is 4.79 Å². The molecule has 0 bridgehead atoms. The monoisotopic (exact) mass is 326 g/mol. The number of hydrogen-bond acceptors (Lipinski definition) is 5. The first-order valence-corrected chi connectivity index (χ1v) is 8.67. The molecular formula is C18H30O5. The van der Waals surface area contributed by atoms with E-state index in [1.54, 1.807) is 6.92 Å². The highest BCUT2D eigenvalue weighted by atomic mass is 16.6. The molecule has 5 heteroatoms. The van der Waals surface area contributed by atoms with Gasteiger partial charge in [-0.1, -0.05) is 33.3 Å². The molecule has 23 heavy (non-hydrogen) atoms. The van der Waals surface area contributed by atoms with Gasteiger partial charge in [0.2, 0.25) is 0 Å². The zero-order chi connectivity index (χ0) is 17.4. The van der Waals surface area contributed by atoms with Gasteiger partial charge in [-0.3, -0.25) is 4.79 Å². The third kappa shape index (κ3) is 6.07. The molecule has 0 aromatic carbocycles. The van der Waals surface area contributed by atoms with Crippen molar-refractivity contribution in [1.29, 1.82) is 0 Å². The SMILES string of the molecule is C=C(CC)C(=O)O[C@H]1[C@@H](CCC(=O)CCCCC)[C@H](O)C[C@@H]1O. The van der Waals surface area contributed by atoms with Crippen LogP contribution in [0.3, 0.4) is 0 Å². The van der Waals surface area contributed by atoms with Crippen LogP contribution >= 0.6 is 0 Å². The van der Waals surface area contributed by atoms with E-state index in [1.807, 2.05) is 0 Å². The Balaban J connectivity index is 2.54. The second-order valence-electron chi connectivity index (χ2n) is 6.40. The number of Topliss-reactive ketones (excluding diaryl/α,β-unsaturated/α-hetero) is 1. The fourth-order valence-electron chi connectivity index (χ4n) is 2.96. The van der Waals surface area contributed by atoms with Crippen LogP contribution in [-0.2, 0) is 14.3 Å². The molecule has 1 rings (SSSR count). The number of hydrogen-bond donors (Lipinski definition) is 2. The number of ketones is 1. The number of unbranched alkanes of at least 4 members (excludes halogenated alkanes) is 2. The maximum absolute atomic E-state index is 11.9. The summed E-state index contributed by atoms with van der Waals surface area (Å²) < 4.78 is 5.33. The molecule has 132 valence electrons. The number of aliphatic hydroxyl groups excluding tert-OH is 2. The molecule has 0 heterocycles.